The minimum Gasteiger partial charge on any atom is -0.373 e. The third-order valence-electron chi connectivity index (χ3n) is 2.88. The second-order valence-electron chi connectivity index (χ2n) is 4.13. The molecule has 1 aliphatic heterocycles. The molecule has 1 atom stereocenters. The molecular weight excluding hydrogens is 242 g/mol. The van der Waals surface area contributed by atoms with Gasteiger partial charge in [0.1, 0.15) is 5.69 Å². The monoisotopic (exact) mass is 257 g/mol. The highest BCUT2D eigenvalue weighted by atomic mass is 35.5. The molecule has 2 heterocycles. The number of carbonyl (C=O) groups is 1. The van der Waals surface area contributed by atoms with Crippen LogP contribution in [0.4, 0.5) is 0 Å². The zero-order valence-electron chi connectivity index (χ0n) is 9.73. The highest BCUT2D eigenvalue weighted by Crippen LogP contribution is 2.16. The second-order valence-corrected chi connectivity index (χ2v) is 4.57. The lowest BCUT2D eigenvalue weighted by Gasteiger charge is -2.32. The summed E-state index contributed by atoms with van der Waals surface area (Å²) in [4.78, 5) is 14.0. The van der Waals surface area contributed by atoms with Crippen molar-refractivity contribution in [3.8, 4) is 0 Å². The summed E-state index contributed by atoms with van der Waals surface area (Å²) in [6.45, 7) is 2.10. The van der Waals surface area contributed by atoms with Gasteiger partial charge < -0.3 is 19.9 Å². The molecule has 1 amide bonds. The molecule has 1 aromatic heterocycles. The van der Waals surface area contributed by atoms with Crippen molar-refractivity contribution in [2.45, 2.75) is 6.10 Å². The zero-order valence-corrected chi connectivity index (χ0v) is 10.5. The minimum atomic E-state index is -0.0663. The van der Waals surface area contributed by atoms with Gasteiger partial charge in [0.05, 0.1) is 17.7 Å². The summed E-state index contributed by atoms with van der Waals surface area (Å²) in [6.07, 6.45) is 1.65. The maximum Gasteiger partial charge on any atom is 0.270 e. The van der Waals surface area contributed by atoms with Crippen LogP contribution < -0.4 is 5.73 Å². The normalized spacial score (nSPS) is 20.6. The molecule has 0 radical (unpaired) electrons. The Labute approximate surface area is 105 Å². The summed E-state index contributed by atoms with van der Waals surface area (Å²) >= 11 is 5.87. The Hall–Kier alpha value is -1.04. The predicted molar refractivity (Wildman–Crippen MR) is 65.1 cm³/mol. The summed E-state index contributed by atoms with van der Waals surface area (Å²) in [5.74, 6) is -0.0267. The highest BCUT2D eigenvalue weighted by molar-refractivity contribution is 6.31. The Morgan fingerprint density at radius 1 is 1.71 bits per heavy atom. The van der Waals surface area contributed by atoms with Gasteiger partial charge in [-0.3, -0.25) is 4.79 Å². The van der Waals surface area contributed by atoms with Crippen LogP contribution in [0.3, 0.4) is 0 Å². The Morgan fingerprint density at radius 3 is 3.06 bits per heavy atom. The Kier molecular flexibility index (Phi) is 3.71. The zero-order chi connectivity index (χ0) is 12.4. The number of morpholine rings is 1. The van der Waals surface area contributed by atoms with Gasteiger partial charge in [-0.2, -0.15) is 0 Å². The van der Waals surface area contributed by atoms with Crippen molar-refractivity contribution in [1.82, 2.24) is 9.47 Å². The van der Waals surface area contributed by atoms with Crippen LogP contribution in [-0.2, 0) is 11.8 Å². The molecule has 1 saturated heterocycles. The van der Waals surface area contributed by atoms with E-state index >= 15 is 0 Å². The lowest BCUT2D eigenvalue weighted by molar-refractivity contribution is -0.0170. The first-order chi connectivity index (χ1) is 8.11. The van der Waals surface area contributed by atoms with Gasteiger partial charge >= 0.3 is 0 Å². The Bertz CT molecular complexity index is 419. The average molecular weight is 258 g/mol. The first-order valence-electron chi connectivity index (χ1n) is 5.54. The van der Waals surface area contributed by atoms with Crippen molar-refractivity contribution in [3.05, 3.63) is 23.0 Å². The molecule has 2 N–H and O–H groups in total. The van der Waals surface area contributed by atoms with E-state index in [2.05, 4.69) is 0 Å². The number of amides is 1. The molecule has 17 heavy (non-hydrogen) atoms. The van der Waals surface area contributed by atoms with E-state index in [-0.39, 0.29) is 12.0 Å². The van der Waals surface area contributed by atoms with E-state index in [0.29, 0.717) is 37.0 Å². The number of rotatable bonds is 2. The molecule has 2 rings (SSSR count). The smallest absolute Gasteiger partial charge is 0.270 e. The van der Waals surface area contributed by atoms with Gasteiger partial charge in [-0.15, -0.1) is 0 Å². The topological polar surface area (TPSA) is 60.5 Å². The van der Waals surface area contributed by atoms with Crippen LogP contribution in [-0.4, -0.2) is 47.7 Å². The van der Waals surface area contributed by atoms with Crippen molar-refractivity contribution in [2.75, 3.05) is 26.2 Å². The predicted octanol–water partition coefficient (Wildman–Crippen LogP) is 0.478. The Balaban J connectivity index is 2.12. The number of ether oxygens (including phenoxy) is 1. The van der Waals surface area contributed by atoms with Crippen LogP contribution >= 0.6 is 11.6 Å². The number of aryl methyl sites for hydroxylation is 1. The molecule has 94 valence electrons. The number of halogens is 1. The fraction of sp³-hybridized carbons (Fsp3) is 0.545. The quantitative estimate of drug-likeness (QED) is 0.838. The van der Waals surface area contributed by atoms with E-state index in [0.717, 1.165) is 0 Å². The number of nitrogens with zero attached hydrogens (tertiary/aromatic N) is 2. The van der Waals surface area contributed by atoms with Crippen molar-refractivity contribution >= 4 is 17.5 Å². The average Bonchev–Trinajstić information content (AvgIpc) is 2.67. The fourth-order valence-electron chi connectivity index (χ4n) is 1.95. The molecule has 1 unspecified atom stereocenters. The molecule has 1 fully saturated rings. The van der Waals surface area contributed by atoms with Crippen molar-refractivity contribution < 1.29 is 9.53 Å². The lowest BCUT2D eigenvalue weighted by Crippen LogP contribution is -2.48. The van der Waals surface area contributed by atoms with Gasteiger partial charge in [-0.1, -0.05) is 11.6 Å². The number of aromatic nitrogens is 1. The molecule has 0 bridgehead atoms. The van der Waals surface area contributed by atoms with E-state index in [9.17, 15) is 4.79 Å². The molecule has 0 saturated carbocycles. The fourth-order valence-corrected chi connectivity index (χ4v) is 2.19. The Morgan fingerprint density at radius 2 is 2.47 bits per heavy atom. The summed E-state index contributed by atoms with van der Waals surface area (Å²) < 4.78 is 7.16. The van der Waals surface area contributed by atoms with Gasteiger partial charge in [-0.05, 0) is 6.07 Å². The number of nitrogens with two attached hydrogens (primary N) is 1. The largest absolute Gasteiger partial charge is 0.373 e. The van der Waals surface area contributed by atoms with Crippen LogP contribution in [0.15, 0.2) is 12.3 Å². The van der Waals surface area contributed by atoms with Crippen LogP contribution in [0.5, 0.6) is 0 Å². The molecule has 6 heteroatoms. The van der Waals surface area contributed by atoms with E-state index in [1.807, 2.05) is 0 Å². The van der Waals surface area contributed by atoms with Gasteiger partial charge in [0, 0.05) is 32.9 Å². The third kappa shape index (κ3) is 2.62. The van der Waals surface area contributed by atoms with Crippen LogP contribution in [0.25, 0.3) is 0 Å². The SMILES string of the molecule is Cn1cc(Cl)cc1C(=O)N1CCOC(CN)C1. The molecule has 5 nitrogen and oxygen atoms in total. The first-order valence-corrected chi connectivity index (χ1v) is 5.92. The van der Waals surface area contributed by atoms with Gasteiger partial charge in [0.25, 0.3) is 5.91 Å². The van der Waals surface area contributed by atoms with Gasteiger partial charge in [0.2, 0.25) is 0 Å². The minimum absolute atomic E-state index is 0.0267. The summed E-state index contributed by atoms with van der Waals surface area (Å²) in [7, 11) is 1.81. The highest BCUT2D eigenvalue weighted by Gasteiger charge is 2.25. The van der Waals surface area contributed by atoms with Gasteiger partial charge in [0.15, 0.2) is 0 Å². The second kappa shape index (κ2) is 5.08. The molecule has 0 spiro atoms. The van der Waals surface area contributed by atoms with Crippen molar-refractivity contribution in [3.63, 3.8) is 0 Å². The lowest BCUT2D eigenvalue weighted by atomic mass is 10.2. The van der Waals surface area contributed by atoms with E-state index in [1.165, 1.54) is 0 Å². The van der Waals surface area contributed by atoms with Gasteiger partial charge in [-0.25, -0.2) is 0 Å². The van der Waals surface area contributed by atoms with E-state index in [4.69, 9.17) is 22.1 Å². The first kappa shape index (κ1) is 12.4. The number of carbonyl (C=O) groups excluding carboxylic acids is 1. The van der Waals surface area contributed by atoms with Crippen molar-refractivity contribution in [1.29, 1.82) is 0 Å². The van der Waals surface area contributed by atoms with Crippen LogP contribution in [0.1, 0.15) is 10.5 Å². The summed E-state index contributed by atoms with van der Waals surface area (Å²) in [5, 5.41) is 0.569. The molecule has 0 aliphatic carbocycles. The van der Waals surface area contributed by atoms with Crippen LogP contribution in [0.2, 0.25) is 5.02 Å². The maximum atomic E-state index is 12.2. The summed E-state index contributed by atoms with van der Waals surface area (Å²) in [6, 6.07) is 1.68. The third-order valence-corrected chi connectivity index (χ3v) is 3.09. The van der Waals surface area contributed by atoms with Crippen molar-refractivity contribution in [2.24, 2.45) is 12.8 Å². The molecule has 1 aliphatic rings. The molecule has 0 aromatic carbocycles. The summed E-state index contributed by atoms with van der Waals surface area (Å²) in [5.41, 5.74) is 6.14. The van der Waals surface area contributed by atoms with E-state index < -0.39 is 0 Å². The number of hydrogen-bond donors (Lipinski definition) is 1. The standard InChI is InChI=1S/C11H16ClN3O2/c1-14-6-8(12)4-10(14)11(16)15-2-3-17-9(5-13)7-15/h4,6,9H,2-3,5,7,13H2,1H3. The van der Waals surface area contributed by atoms with Crippen LogP contribution in [0, 0.1) is 0 Å². The maximum absolute atomic E-state index is 12.2. The number of hydrogen-bond acceptors (Lipinski definition) is 3. The molecular formula is C11H16ClN3O2. The molecule has 1 aromatic rings. The van der Waals surface area contributed by atoms with E-state index in [1.54, 1.807) is 28.8 Å².